The first-order chi connectivity index (χ1) is 10.6. The summed E-state index contributed by atoms with van der Waals surface area (Å²) in [4.78, 5) is 4.47. The second kappa shape index (κ2) is 6.89. The van der Waals surface area contributed by atoms with Crippen LogP contribution in [0.15, 0.2) is 59.6 Å². The highest BCUT2D eigenvalue weighted by Crippen LogP contribution is 2.31. The number of pyridine rings is 1. The van der Waals surface area contributed by atoms with Crippen molar-refractivity contribution in [1.29, 1.82) is 0 Å². The largest absolute Gasteiger partial charge is 0.387 e. The number of hydrogen-bond donors (Lipinski definition) is 1. The maximum absolute atomic E-state index is 4.47. The molecule has 1 aromatic rings. The number of nitrogens with one attached hydrogen (secondary N) is 1. The maximum atomic E-state index is 4.47. The maximum Gasteiger partial charge on any atom is 0.0579 e. The van der Waals surface area contributed by atoms with Crippen molar-refractivity contribution in [3.05, 3.63) is 65.8 Å². The van der Waals surface area contributed by atoms with Gasteiger partial charge in [-0.1, -0.05) is 12.7 Å². The lowest BCUT2D eigenvalue weighted by molar-refractivity contribution is 0.514. The highest BCUT2D eigenvalue weighted by Gasteiger charge is 2.14. The molecule has 0 spiro atoms. The number of anilines is 1. The van der Waals surface area contributed by atoms with E-state index >= 15 is 0 Å². The van der Waals surface area contributed by atoms with Gasteiger partial charge in [-0.05, 0) is 50.1 Å². The van der Waals surface area contributed by atoms with Crippen LogP contribution in [0.1, 0.15) is 25.1 Å². The van der Waals surface area contributed by atoms with Gasteiger partial charge in [-0.2, -0.15) is 5.10 Å². The van der Waals surface area contributed by atoms with Gasteiger partial charge in [-0.25, -0.2) is 5.01 Å². The fourth-order valence-electron chi connectivity index (χ4n) is 2.37. The van der Waals surface area contributed by atoms with Crippen molar-refractivity contribution in [2.45, 2.75) is 20.8 Å². The Balaban J connectivity index is 2.41. The van der Waals surface area contributed by atoms with Crippen LogP contribution in [0.3, 0.4) is 0 Å². The molecule has 0 saturated heterocycles. The molecule has 0 aliphatic carbocycles. The summed E-state index contributed by atoms with van der Waals surface area (Å²) in [5.74, 6) is 0. The van der Waals surface area contributed by atoms with Crippen LogP contribution in [-0.4, -0.2) is 23.3 Å². The van der Waals surface area contributed by atoms with Gasteiger partial charge in [0, 0.05) is 30.7 Å². The highest BCUT2D eigenvalue weighted by atomic mass is 15.4. The van der Waals surface area contributed by atoms with E-state index < -0.39 is 0 Å². The minimum atomic E-state index is 0.838. The molecule has 0 atom stereocenters. The zero-order valence-electron chi connectivity index (χ0n) is 13.6. The summed E-state index contributed by atoms with van der Waals surface area (Å²) in [6.45, 7) is 10.0. The molecule has 22 heavy (non-hydrogen) atoms. The quantitative estimate of drug-likeness (QED) is 0.850. The standard InChI is InChI=1S/C18H22N4/c1-6-17(18-11-16(19-5)12-20-14(18)4)15-8-9-22(21-7-2)13(3)10-15/h6-12,19H,3H2,1-2,4-5H3/b17-6-,21-7-. The monoisotopic (exact) mass is 294 g/mol. The molecule has 1 aromatic heterocycles. The third-order valence-electron chi connectivity index (χ3n) is 3.52. The summed E-state index contributed by atoms with van der Waals surface area (Å²) in [6.07, 6.45) is 11.7. The van der Waals surface area contributed by atoms with Gasteiger partial charge in [0.2, 0.25) is 0 Å². The van der Waals surface area contributed by atoms with Crippen LogP contribution in [0.25, 0.3) is 5.57 Å². The third-order valence-corrected chi connectivity index (χ3v) is 3.52. The molecule has 0 radical (unpaired) electrons. The average molecular weight is 294 g/mol. The Morgan fingerprint density at radius 2 is 2.18 bits per heavy atom. The molecule has 0 fully saturated rings. The molecule has 1 aliphatic rings. The Hall–Kier alpha value is -2.62. The summed E-state index contributed by atoms with van der Waals surface area (Å²) >= 11 is 0. The summed E-state index contributed by atoms with van der Waals surface area (Å²) in [5.41, 5.74) is 6.20. The minimum absolute atomic E-state index is 0.838. The first-order valence-electron chi connectivity index (χ1n) is 7.28. The highest BCUT2D eigenvalue weighted by molar-refractivity contribution is 5.84. The summed E-state index contributed by atoms with van der Waals surface area (Å²) < 4.78 is 0. The topological polar surface area (TPSA) is 40.5 Å². The number of hydrazone groups is 1. The molecule has 2 rings (SSSR count). The van der Waals surface area contributed by atoms with Gasteiger partial charge in [0.15, 0.2) is 0 Å². The predicted molar refractivity (Wildman–Crippen MR) is 94.5 cm³/mol. The van der Waals surface area contributed by atoms with Crippen molar-refractivity contribution in [3.63, 3.8) is 0 Å². The molecule has 1 aliphatic heterocycles. The third kappa shape index (κ3) is 3.17. The van der Waals surface area contributed by atoms with Gasteiger partial charge in [0.25, 0.3) is 0 Å². The Morgan fingerprint density at radius 3 is 2.77 bits per heavy atom. The van der Waals surface area contributed by atoms with Crippen LogP contribution < -0.4 is 5.32 Å². The average Bonchev–Trinajstić information content (AvgIpc) is 2.52. The zero-order valence-corrected chi connectivity index (χ0v) is 13.6. The normalized spacial score (nSPS) is 15.5. The Kier molecular flexibility index (Phi) is 4.94. The smallest absolute Gasteiger partial charge is 0.0579 e. The van der Waals surface area contributed by atoms with E-state index in [-0.39, 0.29) is 0 Å². The van der Waals surface area contributed by atoms with E-state index in [4.69, 9.17) is 0 Å². The number of aromatic nitrogens is 1. The molecule has 0 bridgehead atoms. The second-order valence-electron chi connectivity index (χ2n) is 4.93. The lowest BCUT2D eigenvalue weighted by Crippen LogP contribution is -2.11. The molecule has 0 saturated carbocycles. The van der Waals surface area contributed by atoms with E-state index in [1.54, 1.807) is 11.2 Å². The fraction of sp³-hybridized carbons (Fsp3) is 0.222. The van der Waals surface area contributed by atoms with E-state index in [1.807, 2.05) is 52.4 Å². The lowest BCUT2D eigenvalue weighted by atomic mass is 9.94. The number of allylic oxidation sites excluding steroid dienone is 5. The van der Waals surface area contributed by atoms with Crippen LogP contribution in [0.5, 0.6) is 0 Å². The van der Waals surface area contributed by atoms with Gasteiger partial charge >= 0.3 is 0 Å². The lowest BCUT2D eigenvalue weighted by Gasteiger charge is -2.21. The van der Waals surface area contributed by atoms with E-state index in [0.717, 1.165) is 33.8 Å². The molecule has 4 heteroatoms. The van der Waals surface area contributed by atoms with Crippen molar-refractivity contribution >= 4 is 17.5 Å². The number of hydrogen-bond acceptors (Lipinski definition) is 4. The van der Waals surface area contributed by atoms with Gasteiger partial charge < -0.3 is 5.32 Å². The van der Waals surface area contributed by atoms with Crippen LogP contribution in [0, 0.1) is 6.92 Å². The van der Waals surface area contributed by atoms with E-state index in [2.05, 4.69) is 34.1 Å². The van der Waals surface area contributed by atoms with E-state index in [0.29, 0.717) is 0 Å². The first kappa shape index (κ1) is 15.8. The van der Waals surface area contributed by atoms with Crippen molar-refractivity contribution < 1.29 is 0 Å². The van der Waals surface area contributed by atoms with Crippen molar-refractivity contribution in [3.8, 4) is 0 Å². The van der Waals surface area contributed by atoms with Gasteiger partial charge in [0.1, 0.15) is 0 Å². The summed E-state index contributed by atoms with van der Waals surface area (Å²) in [5, 5.41) is 9.13. The molecular weight excluding hydrogens is 272 g/mol. The Morgan fingerprint density at radius 1 is 1.41 bits per heavy atom. The SMILES string of the molecule is C=C1C=C(/C(=C/C)c2cc(NC)cnc2C)C=CN1/N=C\C. The van der Waals surface area contributed by atoms with Crippen molar-refractivity contribution in [2.75, 3.05) is 12.4 Å². The summed E-state index contributed by atoms with van der Waals surface area (Å²) in [6, 6.07) is 2.12. The van der Waals surface area contributed by atoms with Crippen LogP contribution in [0.2, 0.25) is 0 Å². The van der Waals surface area contributed by atoms with E-state index in [1.165, 1.54) is 0 Å². The molecule has 0 amide bonds. The van der Waals surface area contributed by atoms with Crippen LogP contribution in [0.4, 0.5) is 5.69 Å². The van der Waals surface area contributed by atoms with Gasteiger partial charge in [0.05, 0.1) is 17.6 Å². The summed E-state index contributed by atoms with van der Waals surface area (Å²) in [7, 11) is 1.90. The minimum Gasteiger partial charge on any atom is -0.387 e. The Bertz CT molecular complexity index is 693. The molecule has 4 nitrogen and oxygen atoms in total. The van der Waals surface area contributed by atoms with E-state index in [9.17, 15) is 0 Å². The van der Waals surface area contributed by atoms with Gasteiger partial charge in [-0.15, -0.1) is 0 Å². The van der Waals surface area contributed by atoms with Crippen LogP contribution >= 0.6 is 0 Å². The Labute approximate surface area is 132 Å². The number of rotatable bonds is 4. The van der Waals surface area contributed by atoms with Gasteiger partial charge in [-0.3, -0.25) is 4.98 Å². The number of nitrogens with zero attached hydrogens (tertiary/aromatic N) is 3. The molecular formula is C18H22N4. The molecule has 114 valence electrons. The van der Waals surface area contributed by atoms with Crippen molar-refractivity contribution in [2.24, 2.45) is 5.10 Å². The fourth-order valence-corrected chi connectivity index (χ4v) is 2.37. The van der Waals surface area contributed by atoms with Crippen molar-refractivity contribution in [1.82, 2.24) is 9.99 Å². The first-order valence-corrected chi connectivity index (χ1v) is 7.28. The molecule has 0 unspecified atom stereocenters. The number of aryl methyl sites for hydroxylation is 1. The molecule has 2 heterocycles. The predicted octanol–water partition coefficient (Wildman–Crippen LogP) is 4.11. The second-order valence-corrected chi connectivity index (χ2v) is 4.93. The van der Waals surface area contributed by atoms with Crippen LogP contribution in [-0.2, 0) is 0 Å². The zero-order chi connectivity index (χ0) is 16.1. The molecule has 1 N–H and O–H groups in total. The molecule has 0 aromatic carbocycles.